The van der Waals surface area contributed by atoms with Gasteiger partial charge in [-0.2, -0.15) is 0 Å². The van der Waals surface area contributed by atoms with Gasteiger partial charge in [0.05, 0.1) is 25.6 Å². The van der Waals surface area contributed by atoms with E-state index in [4.69, 9.17) is 15.1 Å². The number of benzene rings is 1. The normalized spacial score (nSPS) is 16.7. The molecule has 164 valence electrons. The quantitative estimate of drug-likeness (QED) is 0.486. The number of carbonyl (C=O) groups excluding carboxylic acids is 2. The molecule has 0 spiro atoms. The summed E-state index contributed by atoms with van der Waals surface area (Å²) in [5, 5.41) is 19.3. The monoisotopic (exact) mass is 441 g/mol. The first-order valence-electron chi connectivity index (χ1n) is 9.31. The van der Waals surface area contributed by atoms with Gasteiger partial charge in [-0.05, 0) is 38.5 Å². The summed E-state index contributed by atoms with van der Waals surface area (Å²) in [5.41, 5.74) is 5.79. The maximum atomic E-state index is 12.6. The predicted octanol–water partition coefficient (Wildman–Crippen LogP) is -0.383. The molecule has 2 aliphatic heterocycles. The molecule has 1 fully saturated rings. The van der Waals surface area contributed by atoms with Crippen LogP contribution in [0.2, 0.25) is 6.32 Å². The van der Waals surface area contributed by atoms with E-state index in [1.54, 1.807) is 31.1 Å². The third kappa shape index (κ3) is 4.97. The van der Waals surface area contributed by atoms with Gasteiger partial charge >= 0.3 is 13.1 Å². The minimum atomic E-state index is -1.22. The molecule has 12 heteroatoms. The summed E-state index contributed by atoms with van der Waals surface area (Å²) in [5.74, 6) is -1.76. The fourth-order valence-corrected chi connectivity index (χ4v) is 3.48. The van der Waals surface area contributed by atoms with Crippen LogP contribution >= 0.6 is 12.4 Å². The maximum Gasteiger partial charge on any atom is 0.522 e. The van der Waals surface area contributed by atoms with Gasteiger partial charge in [-0.15, -0.1) is 12.4 Å². The van der Waals surface area contributed by atoms with Gasteiger partial charge < -0.3 is 30.2 Å². The van der Waals surface area contributed by atoms with Gasteiger partial charge in [0.25, 0.3) is 0 Å². The molecule has 0 radical (unpaired) electrons. The first-order valence-corrected chi connectivity index (χ1v) is 9.31. The number of carboxylic acid groups (broad SMARTS) is 1. The van der Waals surface area contributed by atoms with E-state index in [2.05, 4.69) is 0 Å². The van der Waals surface area contributed by atoms with Crippen molar-refractivity contribution in [2.24, 2.45) is 5.73 Å². The second-order valence-electron chi connectivity index (χ2n) is 7.48. The molecule has 1 atom stereocenters. The van der Waals surface area contributed by atoms with Crippen molar-refractivity contribution in [3.63, 3.8) is 0 Å². The molecule has 1 unspecified atom stereocenters. The maximum absolute atomic E-state index is 12.6. The Kier molecular flexibility index (Phi) is 7.56. The van der Waals surface area contributed by atoms with Gasteiger partial charge in [-0.3, -0.25) is 14.5 Å². The van der Waals surface area contributed by atoms with Gasteiger partial charge in [0, 0.05) is 0 Å². The smallest absolute Gasteiger partial charge is 0.522 e. The first-order chi connectivity index (χ1) is 13.7. The molecule has 0 aliphatic carbocycles. The van der Waals surface area contributed by atoms with E-state index in [1.807, 2.05) is 0 Å². The average Bonchev–Trinajstić information content (AvgIpc) is 2.60. The molecule has 2 aliphatic rings. The van der Waals surface area contributed by atoms with E-state index in [1.165, 1.54) is 4.90 Å². The molecule has 30 heavy (non-hydrogen) atoms. The molecular weight excluding hydrogens is 416 g/mol. The fraction of sp³-hybridized carbons (Fsp3) is 0.500. The number of amides is 2. The Labute approximate surface area is 180 Å². The third-order valence-corrected chi connectivity index (χ3v) is 5.09. The summed E-state index contributed by atoms with van der Waals surface area (Å²) in [6.45, 7) is 0.531. The number of nitrogens with two attached hydrogens (primary N) is 1. The number of hydrogen-bond donors (Lipinski definition) is 3. The predicted molar refractivity (Wildman–Crippen MR) is 110 cm³/mol. The molecule has 0 saturated carbocycles. The molecule has 1 saturated heterocycles. The highest BCUT2D eigenvalue weighted by molar-refractivity contribution is 6.44. The minimum Gasteiger partial charge on any atom is -0.535 e. The van der Waals surface area contributed by atoms with Crippen LogP contribution in [0.5, 0.6) is 11.5 Å². The van der Waals surface area contributed by atoms with Crippen molar-refractivity contribution >= 4 is 37.3 Å². The zero-order chi connectivity index (χ0) is 21.3. The highest BCUT2D eigenvalue weighted by atomic mass is 35.5. The van der Waals surface area contributed by atoms with E-state index in [0.717, 1.165) is 0 Å². The highest BCUT2D eigenvalue weighted by Gasteiger charge is 2.38. The molecule has 3 rings (SSSR count). The Morgan fingerprint density at radius 2 is 2.03 bits per heavy atom. The number of primary amides is 1. The Morgan fingerprint density at radius 1 is 1.37 bits per heavy atom. The van der Waals surface area contributed by atoms with Crippen LogP contribution in [0.4, 0.5) is 0 Å². The van der Waals surface area contributed by atoms with Crippen molar-refractivity contribution in [3.8, 4) is 11.5 Å². The van der Waals surface area contributed by atoms with Crippen molar-refractivity contribution in [3.05, 3.63) is 23.3 Å². The lowest BCUT2D eigenvalue weighted by Gasteiger charge is -2.41. The number of aromatic carboxylic acids is 1. The summed E-state index contributed by atoms with van der Waals surface area (Å²) >= 11 is 0. The lowest BCUT2D eigenvalue weighted by atomic mass is 9.78. The molecule has 1 aromatic rings. The third-order valence-electron chi connectivity index (χ3n) is 5.09. The SMILES string of the molecule is CN(C)C(CC(N)=O)C(=O)N1CC(Oc2ccc3c(c2C(=O)O)OB(O)CC3)C1.Cl. The number of halogens is 1. The zero-order valence-electron chi connectivity index (χ0n) is 16.7. The van der Waals surface area contributed by atoms with Crippen LogP contribution in [-0.4, -0.2) is 84.2 Å². The standard InChI is InChI=1S/C18H24BN3O7.ClH/c1-21(2)12(7-14(20)23)17(24)22-8-11(9-22)28-13-4-3-10-5-6-19(27)29-16(10)15(13)18(25)26;/h3-4,11-12,27H,5-9H2,1-2H3,(H2,20,23)(H,25,26);1H. The van der Waals surface area contributed by atoms with Gasteiger partial charge in [-0.1, -0.05) is 6.07 Å². The molecular formula is C18H25BClN3O7. The van der Waals surface area contributed by atoms with Crippen molar-refractivity contribution in [2.45, 2.75) is 31.3 Å². The minimum absolute atomic E-state index is 0. The van der Waals surface area contributed by atoms with Crippen LogP contribution in [0, 0.1) is 0 Å². The largest absolute Gasteiger partial charge is 0.535 e. The van der Waals surface area contributed by atoms with Crippen LogP contribution in [0.25, 0.3) is 0 Å². The molecule has 10 nitrogen and oxygen atoms in total. The topological polar surface area (TPSA) is 143 Å². The number of rotatable bonds is 7. The summed E-state index contributed by atoms with van der Waals surface area (Å²) in [7, 11) is 2.33. The van der Waals surface area contributed by atoms with Gasteiger partial charge in [0.1, 0.15) is 23.2 Å². The summed E-state index contributed by atoms with van der Waals surface area (Å²) in [6, 6.07) is 2.64. The number of ether oxygens (including phenoxy) is 1. The highest BCUT2D eigenvalue weighted by Crippen LogP contribution is 2.37. The number of hydrogen-bond acceptors (Lipinski definition) is 7. The van der Waals surface area contributed by atoms with Gasteiger partial charge in [-0.25, -0.2) is 4.79 Å². The van der Waals surface area contributed by atoms with Crippen LogP contribution in [0.1, 0.15) is 22.3 Å². The Bertz CT molecular complexity index is 832. The first kappa shape index (κ1) is 23.8. The van der Waals surface area contributed by atoms with E-state index >= 15 is 0 Å². The summed E-state index contributed by atoms with van der Waals surface area (Å²) < 4.78 is 11.1. The lowest BCUT2D eigenvalue weighted by Crippen LogP contribution is -2.60. The molecule has 2 heterocycles. The lowest BCUT2D eigenvalue weighted by molar-refractivity contribution is -0.146. The van der Waals surface area contributed by atoms with Gasteiger partial charge in [0.15, 0.2) is 0 Å². The number of aryl methyl sites for hydroxylation is 1. The van der Waals surface area contributed by atoms with Crippen LogP contribution in [0.15, 0.2) is 12.1 Å². The number of nitrogens with zero attached hydrogens (tertiary/aromatic N) is 2. The second kappa shape index (κ2) is 9.54. The summed E-state index contributed by atoms with van der Waals surface area (Å²) in [4.78, 5) is 38.7. The Balaban J connectivity index is 0.00000320. The molecule has 1 aromatic carbocycles. The number of carboxylic acids is 1. The van der Waals surface area contributed by atoms with Crippen molar-refractivity contribution in [1.82, 2.24) is 9.80 Å². The van der Waals surface area contributed by atoms with Crippen molar-refractivity contribution < 1.29 is 33.9 Å². The van der Waals surface area contributed by atoms with Crippen LogP contribution in [0.3, 0.4) is 0 Å². The van der Waals surface area contributed by atoms with Crippen LogP contribution < -0.4 is 15.1 Å². The fourth-order valence-electron chi connectivity index (χ4n) is 3.48. The number of likely N-dealkylation sites (N-methyl/N-ethyl adjacent to an activating group) is 1. The van der Waals surface area contributed by atoms with E-state index in [-0.39, 0.29) is 61.0 Å². The number of carbonyl (C=O) groups is 3. The molecule has 2 amide bonds. The molecule has 0 bridgehead atoms. The van der Waals surface area contributed by atoms with E-state index < -0.39 is 25.0 Å². The number of fused-ring (bicyclic) bond motifs is 1. The average molecular weight is 442 g/mol. The van der Waals surface area contributed by atoms with Crippen molar-refractivity contribution in [2.75, 3.05) is 27.2 Å². The Morgan fingerprint density at radius 3 is 2.60 bits per heavy atom. The number of likely N-dealkylation sites (tertiary alicyclic amines) is 1. The molecule has 0 aromatic heterocycles. The zero-order valence-corrected chi connectivity index (χ0v) is 17.6. The van der Waals surface area contributed by atoms with Gasteiger partial charge in [0.2, 0.25) is 11.8 Å². The Hall–Kier alpha value is -2.50. The second-order valence-corrected chi connectivity index (χ2v) is 7.48. The molecule has 4 N–H and O–H groups in total. The van der Waals surface area contributed by atoms with Crippen molar-refractivity contribution in [1.29, 1.82) is 0 Å². The van der Waals surface area contributed by atoms with Crippen LogP contribution in [-0.2, 0) is 16.0 Å². The van der Waals surface area contributed by atoms with E-state index in [0.29, 0.717) is 18.3 Å². The summed E-state index contributed by atoms with van der Waals surface area (Å²) in [6.07, 6.45) is 0.431. The van der Waals surface area contributed by atoms with E-state index in [9.17, 15) is 24.5 Å².